The molecule has 0 fully saturated rings. The Morgan fingerprint density at radius 2 is 1.95 bits per heavy atom. The summed E-state index contributed by atoms with van der Waals surface area (Å²) in [6.45, 7) is 9.60. The van der Waals surface area contributed by atoms with Gasteiger partial charge in [-0.15, -0.1) is 0 Å². The molecule has 0 amide bonds. The van der Waals surface area contributed by atoms with Crippen LogP contribution in [0, 0.1) is 0 Å². The molecule has 2 N–H and O–H groups in total. The predicted molar refractivity (Wildman–Crippen MR) is 78.8 cm³/mol. The van der Waals surface area contributed by atoms with Gasteiger partial charge in [0.2, 0.25) is 5.88 Å². The summed E-state index contributed by atoms with van der Waals surface area (Å²) in [6, 6.07) is 4.08. The highest BCUT2D eigenvalue weighted by Crippen LogP contribution is 2.25. The van der Waals surface area contributed by atoms with Crippen molar-refractivity contribution >= 4 is 11.5 Å². The number of pyridine rings is 1. The maximum Gasteiger partial charge on any atom is 0.239 e. The van der Waals surface area contributed by atoms with Crippen LogP contribution in [0.25, 0.3) is 0 Å². The number of ether oxygens (including phenoxy) is 2. The standard InChI is InChI=1S/C14H25N3O2/c1-10(2)17(8-9-18-5)13-7-6-12(15)14(16-13)19-11(3)4/h6-7,10-11H,8-9,15H2,1-5H3. The Labute approximate surface area is 115 Å². The van der Waals surface area contributed by atoms with Crippen LogP contribution < -0.4 is 15.4 Å². The number of rotatable bonds is 7. The van der Waals surface area contributed by atoms with Gasteiger partial charge in [0, 0.05) is 19.7 Å². The van der Waals surface area contributed by atoms with Crippen LogP contribution in [0.5, 0.6) is 5.88 Å². The van der Waals surface area contributed by atoms with Crippen LogP contribution in [0.4, 0.5) is 11.5 Å². The monoisotopic (exact) mass is 267 g/mol. The van der Waals surface area contributed by atoms with Gasteiger partial charge in [0.1, 0.15) is 5.82 Å². The second kappa shape index (κ2) is 7.19. The Bertz CT molecular complexity index is 394. The molecule has 0 aliphatic heterocycles. The van der Waals surface area contributed by atoms with Crippen LogP contribution >= 0.6 is 0 Å². The van der Waals surface area contributed by atoms with Crippen molar-refractivity contribution in [3.8, 4) is 5.88 Å². The molecule has 0 radical (unpaired) electrons. The molecular formula is C14H25N3O2. The van der Waals surface area contributed by atoms with Crippen LogP contribution in [0.15, 0.2) is 12.1 Å². The molecule has 1 aromatic rings. The fraction of sp³-hybridized carbons (Fsp3) is 0.643. The van der Waals surface area contributed by atoms with Gasteiger partial charge in [0.25, 0.3) is 0 Å². The van der Waals surface area contributed by atoms with Gasteiger partial charge in [-0.25, -0.2) is 0 Å². The summed E-state index contributed by atoms with van der Waals surface area (Å²) in [5.41, 5.74) is 6.45. The van der Waals surface area contributed by atoms with Crippen LogP contribution in [-0.4, -0.2) is 37.4 Å². The van der Waals surface area contributed by atoms with Crippen molar-refractivity contribution in [3.63, 3.8) is 0 Å². The predicted octanol–water partition coefficient (Wildman–Crippen LogP) is 2.31. The van der Waals surface area contributed by atoms with Gasteiger partial charge >= 0.3 is 0 Å². The third-order valence-corrected chi connectivity index (χ3v) is 2.68. The molecule has 0 atom stereocenters. The lowest BCUT2D eigenvalue weighted by Gasteiger charge is -2.28. The lowest BCUT2D eigenvalue weighted by molar-refractivity contribution is 0.203. The highest BCUT2D eigenvalue weighted by Gasteiger charge is 2.14. The van der Waals surface area contributed by atoms with E-state index in [-0.39, 0.29) is 6.10 Å². The normalized spacial score (nSPS) is 11.1. The quantitative estimate of drug-likeness (QED) is 0.821. The van der Waals surface area contributed by atoms with Crippen molar-refractivity contribution in [3.05, 3.63) is 12.1 Å². The average Bonchev–Trinajstić information content (AvgIpc) is 2.32. The van der Waals surface area contributed by atoms with Crippen molar-refractivity contribution in [2.75, 3.05) is 30.9 Å². The Morgan fingerprint density at radius 1 is 1.26 bits per heavy atom. The van der Waals surface area contributed by atoms with Crippen LogP contribution in [0.3, 0.4) is 0 Å². The molecule has 5 nitrogen and oxygen atoms in total. The van der Waals surface area contributed by atoms with Gasteiger partial charge in [-0.1, -0.05) is 0 Å². The number of hydrogen-bond acceptors (Lipinski definition) is 5. The molecule has 1 heterocycles. The zero-order valence-electron chi connectivity index (χ0n) is 12.5. The number of hydrogen-bond donors (Lipinski definition) is 1. The Morgan fingerprint density at radius 3 is 2.47 bits per heavy atom. The maximum atomic E-state index is 5.88. The number of methoxy groups -OCH3 is 1. The summed E-state index contributed by atoms with van der Waals surface area (Å²) < 4.78 is 10.8. The van der Waals surface area contributed by atoms with Crippen molar-refractivity contribution in [2.45, 2.75) is 39.8 Å². The van der Waals surface area contributed by atoms with E-state index in [0.717, 1.165) is 12.4 Å². The number of nitrogen functional groups attached to an aromatic ring is 1. The average molecular weight is 267 g/mol. The Kier molecular flexibility index (Phi) is 5.89. The molecule has 0 aliphatic carbocycles. The first kappa shape index (κ1) is 15.6. The van der Waals surface area contributed by atoms with Gasteiger partial charge in [-0.3, -0.25) is 0 Å². The summed E-state index contributed by atoms with van der Waals surface area (Å²) in [7, 11) is 1.70. The minimum absolute atomic E-state index is 0.0523. The number of nitrogens with zero attached hydrogens (tertiary/aromatic N) is 2. The minimum atomic E-state index is 0.0523. The van der Waals surface area contributed by atoms with E-state index in [9.17, 15) is 0 Å². The van der Waals surface area contributed by atoms with E-state index in [1.165, 1.54) is 0 Å². The van der Waals surface area contributed by atoms with E-state index in [2.05, 4.69) is 23.7 Å². The third kappa shape index (κ3) is 4.59. The topological polar surface area (TPSA) is 60.6 Å². The highest BCUT2D eigenvalue weighted by molar-refractivity contribution is 5.55. The van der Waals surface area contributed by atoms with Crippen LogP contribution in [0.1, 0.15) is 27.7 Å². The molecule has 5 heteroatoms. The molecule has 0 aliphatic rings. The van der Waals surface area contributed by atoms with E-state index < -0.39 is 0 Å². The summed E-state index contributed by atoms with van der Waals surface area (Å²) >= 11 is 0. The molecule has 0 bridgehead atoms. The van der Waals surface area contributed by atoms with Gasteiger partial charge in [0.05, 0.1) is 18.4 Å². The first-order valence-corrected chi connectivity index (χ1v) is 6.64. The zero-order valence-corrected chi connectivity index (χ0v) is 12.5. The SMILES string of the molecule is COCCN(c1ccc(N)c(OC(C)C)n1)C(C)C. The van der Waals surface area contributed by atoms with E-state index >= 15 is 0 Å². The van der Waals surface area contributed by atoms with Crippen LogP contribution in [0.2, 0.25) is 0 Å². The van der Waals surface area contributed by atoms with Crippen molar-refractivity contribution in [1.29, 1.82) is 0 Å². The third-order valence-electron chi connectivity index (χ3n) is 2.68. The van der Waals surface area contributed by atoms with E-state index in [1.54, 1.807) is 7.11 Å². The van der Waals surface area contributed by atoms with E-state index in [0.29, 0.717) is 24.2 Å². The molecule has 0 unspecified atom stereocenters. The van der Waals surface area contributed by atoms with E-state index in [1.807, 2.05) is 26.0 Å². The van der Waals surface area contributed by atoms with Gasteiger partial charge in [-0.2, -0.15) is 4.98 Å². The molecule has 1 rings (SSSR count). The summed E-state index contributed by atoms with van der Waals surface area (Å²) in [5.74, 6) is 1.35. The first-order chi connectivity index (χ1) is 8.95. The summed E-state index contributed by atoms with van der Waals surface area (Å²) in [5, 5.41) is 0. The zero-order chi connectivity index (χ0) is 14.4. The molecule has 1 aromatic heterocycles. The second-order valence-electron chi connectivity index (χ2n) is 5.01. The lowest BCUT2D eigenvalue weighted by Crippen LogP contribution is -2.34. The minimum Gasteiger partial charge on any atom is -0.473 e. The van der Waals surface area contributed by atoms with E-state index in [4.69, 9.17) is 15.2 Å². The highest BCUT2D eigenvalue weighted by atomic mass is 16.5. The molecule has 0 spiro atoms. The van der Waals surface area contributed by atoms with Gasteiger partial charge in [-0.05, 0) is 39.8 Å². The first-order valence-electron chi connectivity index (χ1n) is 6.64. The maximum absolute atomic E-state index is 5.88. The van der Waals surface area contributed by atoms with Crippen LogP contribution in [-0.2, 0) is 4.74 Å². The Balaban J connectivity index is 2.96. The lowest BCUT2D eigenvalue weighted by atomic mass is 10.3. The largest absolute Gasteiger partial charge is 0.473 e. The van der Waals surface area contributed by atoms with Crippen molar-refractivity contribution in [1.82, 2.24) is 4.98 Å². The second-order valence-corrected chi connectivity index (χ2v) is 5.01. The molecule has 19 heavy (non-hydrogen) atoms. The molecule has 0 saturated carbocycles. The Hall–Kier alpha value is -1.49. The summed E-state index contributed by atoms with van der Waals surface area (Å²) in [4.78, 5) is 6.67. The fourth-order valence-corrected chi connectivity index (χ4v) is 1.75. The van der Waals surface area contributed by atoms with Crippen molar-refractivity contribution in [2.24, 2.45) is 0 Å². The van der Waals surface area contributed by atoms with Gasteiger partial charge in [0.15, 0.2) is 0 Å². The van der Waals surface area contributed by atoms with Gasteiger partial charge < -0.3 is 20.1 Å². The molecule has 0 aromatic carbocycles. The number of nitrogens with two attached hydrogens (primary N) is 1. The molecule has 108 valence electrons. The number of anilines is 2. The van der Waals surface area contributed by atoms with Crippen molar-refractivity contribution < 1.29 is 9.47 Å². The molecule has 0 saturated heterocycles. The summed E-state index contributed by atoms with van der Waals surface area (Å²) in [6.07, 6.45) is 0.0523. The smallest absolute Gasteiger partial charge is 0.239 e. The fourth-order valence-electron chi connectivity index (χ4n) is 1.75. The number of aromatic nitrogens is 1. The molecular weight excluding hydrogens is 242 g/mol.